The van der Waals surface area contributed by atoms with Gasteiger partial charge in [-0.15, -0.1) is 0 Å². The third kappa shape index (κ3) is 4.29. The number of hydrogen-bond acceptors (Lipinski definition) is 5. The van der Waals surface area contributed by atoms with Gasteiger partial charge < -0.3 is 0 Å². The second-order valence-electron chi connectivity index (χ2n) is 5.45. The highest BCUT2D eigenvalue weighted by Gasteiger charge is 2.24. The van der Waals surface area contributed by atoms with Crippen LogP contribution >= 0.6 is 11.3 Å². The number of benzene rings is 1. The van der Waals surface area contributed by atoms with Gasteiger partial charge in [0.2, 0.25) is 20.0 Å². The van der Waals surface area contributed by atoms with Crippen molar-refractivity contribution in [2.45, 2.75) is 30.2 Å². The first-order valence-corrected chi connectivity index (χ1v) is 11.6. The zero-order chi connectivity index (χ0) is 18.7. The van der Waals surface area contributed by atoms with Gasteiger partial charge in [0, 0.05) is 26.7 Å². The van der Waals surface area contributed by atoms with Crippen molar-refractivity contribution in [3.05, 3.63) is 46.7 Å². The van der Waals surface area contributed by atoms with Crippen molar-refractivity contribution in [2.75, 3.05) is 20.1 Å². The molecule has 0 aliphatic heterocycles. The Bertz CT molecular complexity index is 885. The molecule has 0 fully saturated rings. The van der Waals surface area contributed by atoms with Crippen molar-refractivity contribution in [1.82, 2.24) is 8.61 Å². The molecule has 2 aromatic rings. The van der Waals surface area contributed by atoms with Crippen molar-refractivity contribution in [3.8, 4) is 0 Å². The molecule has 1 aromatic carbocycles. The van der Waals surface area contributed by atoms with Crippen molar-refractivity contribution < 1.29 is 16.8 Å². The molecule has 0 spiro atoms. The van der Waals surface area contributed by atoms with E-state index in [2.05, 4.69) is 0 Å². The molecule has 0 amide bonds. The van der Waals surface area contributed by atoms with Crippen LogP contribution in [0.3, 0.4) is 0 Å². The van der Waals surface area contributed by atoms with Gasteiger partial charge in [-0.1, -0.05) is 13.8 Å². The van der Waals surface area contributed by atoms with Crippen LogP contribution in [0.2, 0.25) is 0 Å². The van der Waals surface area contributed by atoms with Gasteiger partial charge in [-0.05, 0) is 46.7 Å². The van der Waals surface area contributed by atoms with E-state index in [9.17, 15) is 16.8 Å². The molecule has 0 saturated heterocycles. The van der Waals surface area contributed by atoms with Crippen LogP contribution in [0.1, 0.15) is 19.4 Å². The zero-order valence-electron chi connectivity index (χ0n) is 14.4. The van der Waals surface area contributed by atoms with E-state index >= 15 is 0 Å². The second-order valence-corrected chi connectivity index (χ2v) is 10.2. The van der Waals surface area contributed by atoms with Crippen LogP contribution in [0, 0.1) is 0 Å². The van der Waals surface area contributed by atoms with E-state index in [1.165, 1.54) is 51.3 Å². The molecule has 0 unspecified atom stereocenters. The van der Waals surface area contributed by atoms with E-state index in [0.717, 1.165) is 5.56 Å². The van der Waals surface area contributed by atoms with Crippen LogP contribution in [0.15, 0.2) is 50.9 Å². The molecule has 1 aromatic heterocycles. The van der Waals surface area contributed by atoms with E-state index in [1.807, 2.05) is 16.8 Å². The molecule has 9 heteroatoms. The molecule has 0 radical (unpaired) electrons. The average molecular weight is 403 g/mol. The highest BCUT2D eigenvalue weighted by Crippen LogP contribution is 2.21. The first kappa shape index (κ1) is 20.1. The van der Waals surface area contributed by atoms with E-state index in [-0.39, 0.29) is 16.3 Å². The fraction of sp³-hybridized carbons (Fsp3) is 0.375. The minimum Gasteiger partial charge on any atom is -0.207 e. The summed E-state index contributed by atoms with van der Waals surface area (Å²) in [5.41, 5.74) is 0.914. The van der Waals surface area contributed by atoms with E-state index in [1.54, 1.807) is 13.8 Å². The maximum atomic E-state index is 12.6. The number of thiophene rings is 1. The van der Waals surface area contributed by atoms with Gasteiger partial charge in [0.1, 0.15) is 0 Å². The summed E-state index contributed by atoms with van der Waals surface area (Å²) in [5.74, 6) is 0. The Kier molecular flexibility index (Phi) is 6.39. The van der Waals surface area contributed by atoms with E-state index in [4.69, 9.17) is 0 Å². The topological polar surface area (TPSA) is 74.8 Å². The SMILES string of the molecule is CCN(CC)S(=O)(=O)c1ccc(S(=O)(=O)N(C)Cc2ccsc2)cc1. The zero-order valence-corrected chi connectivity index (χ0v) is 16.9. The highest BCUT2D eigenvalue weighted by molar-refractivity contribution is 7.89. The second kappa shape index (κ2) is 7.96. The molecule has 6 nitrogen and oxygen atoms in total. The monoisotopic (exact) mass is 402 g/mol. The number of nitrogens with zero attached hydrogens (tertiary/aromatic N) is 2. The molecule has 25 heavy (non-hydrogen) atoms. The Labute approximate surface area is 153 Å². The lowest BCUT2D eigenvalue weighted by Crippen LogP contribution is -2.30. The van der Waals surface area contributed by atoms with Crippen LogP contribution in [-0.4, -0.2) is 45.6 Å². The quantitative estimate of drug-likeness (QED) is 0.680. The van der Waals surface area contributed by atoms with Gasteiger partial charge in [0.05, 0.1) is 9.79 Å². The lowest BCUT2D eigenvalue weighted by molar-refractivity contribution is 0.445. The number of sulfonamides is 2. The molecule has 2 rings (SSSR count). The fourth-order valence-electron chi connectivity index (χ4n) is 2.40. The van der Waals surface area contributed by atoms with Gasteiger partial charge in [0.25, 0.3) is 0 Å². The van der Waals surface area contributed by atoms with Gasteiger partial charge in [0.15, 0.2) is 0 Å². The van der Waals surface area contributed by atoms with Gasteiger partial charge in [-0.2, -0.15) is 19.9 Å². The van der Waals surface area contributed by atoms with Crippen LogP contribution in [-0.2, 0) is 26.6 Å². The number of rotatable bonds is 8. The molecule has 0 atom stereocenters. The predicted octanol–water partition coefficient (Wildman–Crippen LogP) is 2.60. The van der Waals surface area contributed by atoms with E-state index in [0.29, 0.717) is 13.1 Å². The van der Waals surface area contributed by atoms with Crippen LogP contribution in [0.5, 0.6) is 0 Å². The maximum absolute atomic E-state index is 12.6. The smallest absolute Gasteiger partial charge is 0.207 e. The minimum atomic E-state index is -3.68. The molecule has 0 bridgehead atoms. The third-order valence-electron chi connectivity index (χ3n) is 3.86. The van der Waals surface area contributed by atoms with Crippen LogP contribution in [0.4, 0.5) is 0 Å². The van der Waals surface area contributed by atoms with Gasteiger partial charge >= 0.3 is 0 Å². The van der Waals surface area contributed by atoms with Gasteiger partial charge in [-0.25, -0.2) is 16.8 Å². The normalized spacial score (nSPS) is 12.8. The first-order chi connectivity index (χ1) is 11.7. The Balaban J connectivity index is 2.26. The molecular formula is C16H22N2O4S3. The number of hydrogen-bond donors (Lipinski definition) is 0. The maximum Gasteiger partial charge on any atom is 0.243 e. The summed E-state index contributed by atoms with van der Waals surface area (Å²) < 4.78 is 52.8. The van der Waals surface area contributed by atoms with Crippen LogP contribution in [0.25, 0.3) is 0 Å². The third-order valence-corrected chi connectivity index (χ3v) is 8.47. The van der Waals surface area contributed by atoms with Crippen LogP contribution < -0.4 is 0 Å². The van der Waals surface area contributed by atoms with Crippen molar-refractivity contribution in [1.29, 1.82) is 0 Å². The highest BCUT2D eigenvalue weighted by atomic mass is 32.2. The molecule has 0 N–H and O–H groups in total. The molecule has 1 heterocycles. The minimum absolute atomic E-state index is 0.0729. The first-order valence-electron chi connectivity index (χ1n) is 7.81. The molecule has 0 aliphatic rings. The Morgan fingerprint density at radius 1 is 0.880 bits per heavy atom. The summed E-state index contributed by atoms with van der Waals surface area (Å²) in [6.07, 6.45) is 0. The largest absolute Gasteiger partial charge is 0.243 e. The summed E-state index contributed by atoms with van der Waals surface area (Å²) in [6, 6.07) is 7.25. The van der Waals surface area contributed by atoms with Gasteiger partial charge in [-0.3, -0.25) is 0 Å². The molecule has 138 valence electrons. The Hall–Kier alpha value is -1.26. The van der Waals surface area contributed by atoms with Crippen molar-refractivity contribution in [3.63, 3.8) is 0 Å². The van der Waals surface area contributed by atoms with E-state index < -0.39 is 20.0 Å². The standard InChI is InChI=1S/C16H22N2O4S3/c1-4-18(5-2)25(21,22)16-8-6-15(7-9-16)24(19,20)17(3)12-14-10-11-23-13-14/h6-11,13H,4-5,12H2,1-3H3. The summed E-state index contributed by atoms with van der Waals surface area (Å²) in [4.78, 5) is 0.166. The molecule has 0 saturated carbocycles. The predicted molar refractivity (Wildman–Crippen MR) is 99.5 cm³/mol. The molecule has 0 aliphatic carbocycles. The summed E-state index contributed by atoms with van der Waals surface area (Å²) >= 11 is 1.51. The van der Waals surface area contributed by atoms with Crippen molar-refractivity contribution in [2.24, 2.45) is 0 Å². The molecular weight excluding hydrogens is 380 g/mol. The lowest BCUT2D eigenvalue weighted by Gasteiger charge is -2.19. The van der Waals surface area contributed by atoms with Crippen molar-refractivity contribution >= 4 is 31.4 Å². The Morgan fingerprint density at radius 2 is 1.40 bits per heavy atom. The summed E-state index contributed by atoms with van der Waals surface area (Å²) in [5, 5.41) is 3.79. The Morgan fingerprint density at radius 3 is 1.84 bits per heavy atom. The fourth-order valence-corrected chi connectivity index (χ4v) is 5.68. The lowest BCUT2D eigenvalue weighted by atomic mass is 10.3. The summed E-state index contributed by atoms with van der Waals surface area (Å²) in [7, 11) is -5.77. The average Bonchev–Trinajstić information content (AvgIpc) is 3.08. The summed E-state index contributed by atoms with van der Waals surface area (Å²) in [6.45, 7) is 4.52.